The molecule has 0 heterocycles. The van der Waals surface area contributed by atoms with E-state index in [9.17, 15) is 8.42 Å². The zero-order chi connectivity index (χ0) is 13.9. The van der Waals surface area contributed by atoms with Crippen LogP contribution in [0.4, 0.5) is 0 Å². The number of fused-ring (bicyclic) bond motifs is 1. The summed E-state index contributed by atoms with van der Waals surface area (Å²) in [7, 11) is -2.93. The molecule has 0 saturated carbocycles. The molecule has 2 N–H and O–H groups in total. The van der Waals surface area contributed by atoms with Gasteiger partial charge in [-0.2, -0.15) is 0 Å². The average Bonchev–Trinajstić information content (AvgIpc) is 2.45. The lowest BCUT2D eigenvalue weighted by Gasteiger charge is -2.38. The highest BCUT2D eigenvalue weighted by atomic mass is 32.2. The molecule has 0 amide bonds. The minimum atomic E-state index is -2.93. The van der Waals surface area contributed by atoms with Crippen molar-refractivity contribution in [1.29, 1.82) is 0 Å². The quantitative estimate of drug-likeness (QED) is 0.898. The summed E-state index contributed by atoms with van der Waals surface area (Å²) in [5.41, 5.74) is 8.50. The van der Waals surface area contributed by atoms with Gasteiger partial charge in [0.25, 0.3) is 0 Å². The van der Waals surface area contributed by atoms with Crippen LogP contribution in [0.25, 0.3) is 0 Å². The molecule has 19 heavy (non-hydrogen) atoms. The zero-order valence-corrected chi connectivity index (χ0v) is 12.4. The lowest BCUT2D eigenvalue weighted by Crippen LogP contribution is -2.40. The van der Waals surface area contributed by atoms with E-state index in [-0.39, 0.29) is 16.9 Å². The molecular formula is C15H23NO2S. The maximum atomic E-state index is 11.8. The molecule has 1 aromatic rings. The lowest BCUT2D eigenvalue weighted by atomic mass is 9.68. The number of nitrogens with two attached hydrogens (primary N) is 1. The van der Waals surface area contributed by atoms with Gasteiger partial charge in [-0.05, 0) is 36.8 Å². The molecule has 1 aromatic carbocycles. The van der Waals surface area contributed by atoms with Crippen LogP contribution in [0.5, 0.6) is 0 Å². The summed E-state index contributed by atoms with van der Waals surface area (Å²) >= 11 is 0. The summed E-state index contributed by atoms with van der Waals surface area (Å²) in [4.78, 5) is 0. The highest BCUT2D eigenvalue weighted by Gasteiger charge is 2.35. The summed E-state index contributed by atoms with van der Waals surface area (Å²) < 4.78 is 23.5. The fraction of sp³-hybridized carbons (Fsp3) is 0.600. The van der Waals surface area contributed by atoms with Crippen LogP contribution in [0.1, 0.15) is 37.3 Å². The van der Waals surface area contributed by atoms with Crippen LogP contribution >= 0.6 is 0 Å². The van der Waals surface area contributed by atoms with Crippen molar-refractivity contribution in [3.63, 3.8) is 0 Å². The average molecular weight is 281 g/mol. The summed E-state index contributed by atoms with van der Waals surface area (Å²) in [6, 6.07) is 8.35. The Morgan fingerprint density at radius 3 is 2.74 bits per heavy atom. The van der Waals surface area contributed by atoms with Gasteiger partial charge in [-0.3, -0.25) is 0 Å². The fourth-order valence-electron chi connectivity index (χ4n) is 3.08. The minimum Gasteiger partial charge on any atom is -0.330 e. The fourth-order valence-corrected chi connectivity index (χ4v) is 4.07. The molecule has 1 aliphatic carbocycles. The van der Waals surface area contributed by atoms with Crippen LogP contribution in [-0.2, 0) is 21.7 Å². The largest absolute Gasteiger partial charge is 0.330 e. The van der Waals surface area contributed by atoms with E-state index in [2.05, 4.69) is 12.1 Å². The molecule has 0 aromatic heterocycles. The Labute approximate surface area is 116 Å². The van der Waals surface area contributed by atoms with E-state index in [1.54, 1.807) is 6.92 Å². The van der Waals surface area contributed by atoms with Gasteiger partial charge < -0.3 is 5.73 Å². The van der Waals surface area contributed by atoms with Crippen LogP contribution in [0.2, 0.25) is 0 Å². The Morgan fingerprint density at radius 2 is 2.05 bits per heavy atom. The van der Waals surface area contributed by atoms with E-state index in [0.29, 0.717) is 13.0 Å². The first-order valence-electron chi connectivity index (χ1n) is 7.02. The Kier molecular flexibility index (Phi) is 4.31. The van der Waals surface area contributed by atoms with Gasteiger partial charge in [0.05, 0.1) is 5.75 Å². The van der Waals surface area contributed by atoms with Gasteiger partial charge in [0.1, 0.15) is 9.84 Å². The van der Waals surface area contributed by atoms with Crippen LogP contribution in [0.3, 0.4) is 0 Å². The van der Waals surface area contributed by atoms with E-state index in [0.717, 1.165) is 19.3 Å². The topological polar surface area (TPSA) is 60.2 Å². The van der Waals surface area contributed by atoms with E-state index in [1.165, 1.54) is 11.1 Å². The van der Waals surface area contributed by atoms with Gasteiger partial charge in [-0.15, -0.1) is 0 Å². The molecule has 0 saturated heterocycles. The molecule has 106 valence electrons. The Bertz CT molecular complexity index is 539. The van der Waals surface area contributed by atoms with Crippen molar-refractivity contribution in [3.05, 3.63) is 35.4 Å². The van der Waals surface area contributed by atoms with Gasteiger partial charge in [0, 0.05) is 17.7 Å². The van der Waals surface area contributed by atoms with Gasteiger partial charge in [-0.1, -0.05) is 31.2 Å². The number of rotatable bonds is 5. The predicted octanol–water partition coefficient (Wildman–Crippen LogP) is 2.04. The predicted molar refractivity (Wildman–Crippen MR) is 79.1 cm³/mol. The number of sulfone groups is 1. The number of aryl methyl sites for hydroxylation is 1. The third kappa shape index (κ3) is 3.00. The molecular weight excluding hydrogens is 258 g/mol. The molecule has 0 aliphatic heterocycles. The van der Waals surface area contributed by atoms with E-state index in [1.807, 2.05) is 12.1 Å². The van der Waals surface area contributed by atoms with E-state index < -0.39 is 9.84 Å². The van der Waals surface area contributed by atoms with Crippen molar-refractivity contribution >= 4 is 9.84 Å². The minimum absolute atomic E-state index is 0.142. The second kappa shape index (κ2) is 5.63. The van der Waals surface area contributed by atoms with Crippen LogP contribution in [0, 0.1) is 0 Å². The standard InChI is InChI=1S/C15H23NO2S/c1-2-19(17,18)11-10-15(12-16)9-5-7-13-6-3-4-8-14(13)15/h3-4,6,8H,2,5,7,9-12,16H2,1H3. The molecule has 1 unspecified atom stereocenters. The monoisotopic (exact) mass is 281 g/mol. The highest BCUT2D eigenvalue weighted by molar-refractivity contribution is 7.91. The second-order valence-electron chi connectivity index (χ2n) is 5.48. The Hall–Kier alpha value is -0.870. The summed E-state index contributed by atoms with van der Waals surface area (Å²) in [6.45, 7) is 2.24. The smallest absolute Gasteiger partial charge is 0.150 e. The lowest BCUT2D eigenvalue weighted by molar-refractivity contribution is 0.357. The van der Waals surface area contributed by atoms with Gasteiger partial charge in [0.15, 0.2) is 0 Å². The first kappa shape index (κ1) is 14.5. The van der Waals surface area contributed by atoms with Crippen molar-refractivity contribution in [2.24, 2.45) is 5.73 Å². The van der Waals surface area contributed by atoms with Crippen LogP contribution < -0.4 is 5.73 Å². The molecule has 1 atom stereocenters. The van der Waals surface area contributed by atoms with Crippen molar-refractivity contribution in [2.75, 3.05) is 18.1 Å². The molecule has 0 bridgehead atoms. The molecule has 0 radical (unpaired) electrons. The van der Waals surface area contributed by atoms with Crippen molar-refractivity contribution in [1.82, 2.24) is 0 Å². The maximum Gasteiger partial charge on any atom is 0.150 e. The van der Waals surface area contributed by atoms with Crippen LogP contribution in [-0.4, -0.2) is 26.5 Å². The molecule has 4 heteroatoms. The maximum absolute atomic E-state index is 11.8. The first-order chi connectivity index (χ1) is 9.03. The Balaban J connectivity index is 2.29. The summed E-state index contributed by atoms with van der Waals surface area (Å²) in [5, 5.41) is 0. The molecule has 0 fully saturated rings. The second-order valence-corrected chi connectivity index (χ2v) is 7.95. The highest BCUT2D eigenvalue weighted by Crippen LogP contribution is 2.39. The molecule has 1 aliphatic rings. The number of benzene rings is 1. The van der Waals surface area contributed by atoms with Crippen molar-refractivity contribution < 1.29 is 8.42 Å². The summed E-state index contributed by atoms with van der Waals surface area (Å²) in [6.07, 6.45) is 3.83. The van der Waals surface area contributed by atoms with Crippen LogP contribution in [0.15, 0.2) is 24.3 Å². The molecule has 0 spiro atoms. The molecule has 3 nitrogen and oxygen atoms in total. The third-order valence-corrected chi connectivity index (χ3v) is 6.12. The Morgan fingerprint density at radius 1 is 1.32 bits per heavy atom. The SMILES string of the molecule is CCS(=O)(=O)CCC1(CN)CCCc2ccccc21. The van der Waals surface area contributed by atoms with E-state index >= 15 is 0 Å². The number of hydrogen-bond donors (Lipinski definition) is 1. The normalized spacial score (nSPS) is 23.1. The van der Waals surface area contributed by atoms with E-state index in [4.69, 9.17) is 5.73 Å². The first-order valence-corrected chi connectivity index (χ1v) is 8.84. The molecule has 2 rings (SSSR count). The van der Waals surface area contributed by atoms with Gasteiger partial charge >= 0.3 is 0 Å². The van der Waals surface area contributed by atoms with Gasteiger partial charge in [-0.25, -0.2) is 8.42 Å². The summed E-state index contributed by atoms with van der Waals surface area (Å²) in [5.74, 6) is 0.463. The van der Waals surface area contributed by atoms with Crippen molar-refractivity contribution in [3.8, 4) is 0 Å². The van der Waals surface area contributed by atoms with Crippen molar-refractivity contribution in [2.45, 2.75) is 38.0 Å². The van der Waals surface area contributed by atoms with Gasteiger partial charge in [0.2, 0.25) is 0 Å². The zero-order valence-electron chi connectivity index (χ0n) is 11.6. The third-order valence-electron chi connectivity index (χ3n) is 4.41. The number of hydrogen-bond acceptors (Lipinski definition) is 3.